The quantitative estimate of drug-likeness (QED) is 0.642. The molecule has 0 spiro atoms. The van der Waals surface area contributed by atoms with Crippen LogP contribution < -0.4 is 5.32 Å². The topological polar surface area (TPSA) is 29.1 Å². The minimum absolute atomic E-state index is 0.674. The Morgan fingerprint density at radius 3 is 2.00 bits per heavy atom. The van der Waals surface area contributed by atoms with Crippen LogP contribution in [0.15, 0.2) is 24.3 Å². The van der Waals surface area contributed by atoms with Crippen LogP contribution in [0.1, 0.15) is 37.8 Å². The van der Waals surface area contributed by atoms with Crippen molar-refractivity contribution < 1.29 is 4.79 Å². The number of hydrogen-bond acceptors (Lipinski definition) is 2. The second kappa shape index (κ2) is 14.8. The van der Waals surface area contributed by atoms with Gasteiger partial charge in [0.2, 0.25) is 0 Å². The molecule has 0 aliphatic carbocycles. The van der Waals surface area contributed by atoms with Gasteiger partial charge in [-0.25, -0.2) is 0 Å². The second-order valence-electron chi connectivity index (χ2n) is 3.54. The SMILES string of the molecule is CC.CNC.Cc1ccc(CCCC=O)cc1. The monoisotopic (exact) mass is 237 g/mol. The first-order valence-electron chi connectivity index (χ1n) is 6.32. The zero-order valence-electron chi connectivity index (χ0n) is 11.9. The molecule has 0 bridgehead atoms. The Bertz CT molecular complexity index is 254. The van der Waals surface area contributed by atoms with E-state index in [1.54, 1.807) is 0 Å². The second-order valence-corrected chi connectivity index (χ2v) is 3.54. The number of nitrogens with one attached hydrogen (secondary N) is 1. The van der Waals surface area contributed by atoms with E-state index in [1.807, 2.05) is 27.9 Å². The standard InChI is InChI=1S/C11H14O.C2H7N.C2H6/c1-10-5-7-11(8-6-10)4-2-3-9-12;1-3-2;1-2/h5-9H,2-4H2,1H3;3H,1-2H3;1-2H3. The summed E-state index contributed by atoms with van der Waals surface area (Å²) in [6.45, 7) is 6.08. The third kappa shape index (κ3) is 12.8. The molecule has 2 nitrogen and oxygen atoms in total. The van der Waals surface area contributed by atoms with Crippen molar-refractivity contribution in [3.63, 3.8) is 0 Å². The van der Waals surface area contributed by atoms with Crippen LogP contribution in [0.3, 0.4) is 0 Å². The fourth-order valence-corrected chi connectivity index (χ4v) is 1.14. The van der Waals surface area contributed by atoms with Gasteiger partial charge in [-0.1, -0.05) is 43.7 Å². The third-order valence-corrected chi connectivity index (χ3v) is 1.91. The molecule has 0 atom stereocenters. The van der Waals surface area contributed by atoms with Crippen LogP contribution in [0.5, 0.6) is 0 Å². The third-order valence-electron chi connectivity index (χ3n) is 1.91. The average Bonchev–Trinajstić information content (AvgIpc) is 2.36. The minimum atomic E-state index is 0.674. The van der Waals surface area contributed by atoms with Crippen LogP contribution in [-0.2, 0) is 11.2 Å². The first-order valence-corrected chi connectivity index (χ1v) is 6.32. The van der Waals surface area contributed by atoms with E-state index in [0.717, 1.165) is 19.1 Å². The van der Waals surface area contributed by atoms with Crippen LogP contribution in [0.25, 0.3) is 0 Å². The van der Waals surface area contributed by atoms with Crippen molar-refractivity contribution in [3.8, 4) is 0 Å². The van der Waals surface area contributed by atoms with Crippen LogP contribution in [-0.4, -0.2) is 20.4 Å². The predicted octanol–water partition coefficient (Wildman–Crippen LogP) is 3.38. The Hall–Kier alpha value is -1.15. The van der Waals surface area contributed by atoms with Gasteiger partial charge in [-0.2, -0.15) is 0 Å². The van der Waals surface area contributed by atoms with E-state index in [4.69, 9.17) is 0 Å². The molecule has 98 valence electrons. The highest BCUT2D eigenvalue weighted by Crippen LogP contribution is 2.06. The molecule has 0 amide bonds. The van der Waals surface area contributed by atoms with E-state index in [0.29, 0.717) is 6.42 Å². The molecule has 1 aromatic rings. The van der Waals surface area contributed by atoms with E-state index in [9.17, 15) is 4.79 Å². The van der Waals surface area contributed by atoms with Gasteiger partial charge in [-0.05, 0) is 39.4 Å². The van der Waals surface area contributed by atoms with Gasteiger partial charge >= 0.3 is 0 Å². The lowest BCUT2D eigenvalue weighted by molar-refractivity contribution is -0.107. The van der Waals surface area contributed by atoms with Gasteiger partial charge in [0.05, 0.1) is 0 Å². The Kier molecular flexibility index (Phi) is 15.9. The van der Waals surface area contributed by atoms with Gasteiger partial charge in [0.25, 0.3) is 0 Å². The van der Waals surface area contributed by atoms with E-state index < -0.39 is 0 Å². The van der Waals surface area contributed by atoms with Gasteiger partial charge in [0.1, 0.15) is 6.29 Å². The van der Waals surface area contributed by atoms with Crippen molar-refractivity contribution in [2.75, 3.05) is 14.1 Å². The lowest BCUT2D eigenvalue weighted by atomic mass is 10.1. The Labute approximate surface area is 106 Å². The largest absolute Gasteiger partial charge is 0.323 e. The lowest BCUT2D eigenvalue weighted by Gasteiger charge is -1.98. The predicted molar refractivity (Wildman–Crippen MR) is 76.5 cm³/mol. The summed E-state index contributed by atoms with van der Waals surface area (Å²) in [5, 5.41) is 2.75. The fourth-order valence-electron chi connectivity index (χ4n) is 1.14. The zero-order valence-corrected chi connectivity index (χ0v) is 11.9. The Balaban J connectivity index is 0. The molecule has 0 aliphatic heterocycles. The zero-order chi connectivity index (χ0) is 13.5. The van der Waals surface area contributed by atoms with Crippen LogP contribution in [0, 0.1) is 6.92 Å². The average molecular weight is 237 g/mol. The van der Waals surface area contributed by atoms with Gasteiger partial charge < -0.3 is 10.1 Å². The molecule has 1 N–H and O–H groups in total. The van der Waals surface area contributed by atoms with Crippen molar-refractivity contribution in [1.82, 2.24) is 5.32 Å². The number of unbranched alkanes of at least 4 members (excludes halogenated alkanes) is 1. The van der Waals surface area contributed by atoms with Gasteiger partial charge in [-0.3, -0.25) is 0 Å². The van der Waals surface area contributed by atoms with E-state index >= 15 is 0 Å². The molecule has 2 heteroatoms. The molecule has 0 aliphatic rings. The van der Waals surface area contributed by atoms with Gasteiger partial charge in [0, 0.05) is 6.42 Å². The number of carbonyl (C=O) groups excluding carboxylic acids is 1. The number of rotatable bonds is 4. The number of benzene rings is 1. The Morgan fingerprint density at radius 2 is 1.59 bits per heavy atom. The van der Waals surface area contributed by atoms with Crippen molar-refractivity contribution in [2.45, 2.75) is 40.0 Å². The molecule has 1 rings (SSSR count). The smallest absolute Gasteiger partial charge is 0.120 e. The summed E-state index contributed by atoms with van der Waals surface area (Å²) < 4.78 is 0. The van der Waals surface area contributed by atoms with Crippen molar-refractivity contribution in [3.05, 3.63) is 35.4 Å². The van der Waals surface area contributed by atoms with Gasteiger partial charge in [0.15, 0.2) is 0 Å². The lowest BCUT2D eigenvalue weighted by Crippen LogP contribution is -1.89. The minimum Gasteiger partial charge on any atom is -0.323 e. The summed E-state index contributed by atoms with van der Waals surface area (Å²) >= 11 is 0. The van der Waals surface area contributed by atoms with E-state index in [1.165, 1.54) is 11.1 Å². The number of aryl methyl sites for hydroxylation is 2. The van der Waals surface area contributed by atoms with Crippen molar-refractivity contribution in [2.24, 2.45) is 0 Å². The molecule has 0 fully saturated rings. The number of aldehydes is 1. The summed E-state index contributed by atoms with van der Waals surface area (Å²) in [7, 11) is 3.75. The highest BCUT2D eigenvalue weighted by Gasteiger charge is 1.91. The van der Waals surface area contributed by atoms with Crippen LogP contribution in [0.2, 0.25) is 0 Å². The maximum absolute atomic E-state index is 10.0. The normalized spacial score (nSPS) is 8.29. The number of hydrogen-bond donors (Lipinski definition) is 1. The summed E-state index contributed by atoms with van der Waals surface area (Å²) in [6.07, 6.45) is 3.63. The van der Waals surface area contributed by atoms with Crippen LogP contribution in [0.4, 0.5) is 0 Å². The van der Waals surface area contributed by atoms with Gasteiger partial charge in [-0.15, -0.1) is 0 Å². The Morgan fingerprint density at radius 1 is 1.12 bits per heavy atom. The highest BCUT2D eigenvalue weighted by atomic mass is 16.1. The molecular formula is C15H27NO. The van der Waals surface area contributed by atoms with Crippen molar-refractivity contribution in [1.29, 1.82) is 0 Å². The van der Waals surface area contributed by atoms with E-state index in [-0.39, 0.29) is 0 Å². The molecule has 0 saturated carbocycles. The van der Waals surface area contributed by atoms with Crippen LogP contribution >= 0.6 is 0 Å². The molecule has 0 saturated heterocycles. The maximum Gasteiger partial charge on any atom is 0.120 e. The summed E-state index contributed by atoms with van der Waals surface area (Å²) in [5.74, 6) is 0. The summed E-state index contributed by atoms with van der Waals surface area (Å²) in [4.78, 5) is 10.0. The summed E-state index contributed by atoms with van der Waals surface area (Å²) in [6, 6.07) is 8.47. The molecule has 0 radical (unpaired) electrons. The molecule has 0 aromatic heterocycles. The summed E-state index contributed by atoms with van der Waals surface area (Å²) in [5.41, 5.74) is 2.61. The first-order chi connectivity index (χ1) is 8.24. The molecule has 0 heterocycles. The molecule has 0 unspecified atom stereocenters. The molecule has 1 aromatic carbocycles. The maximum atomic E-state index is 10.0. The van der Waals surface area contributed by atoms with Crippen molar-refractivity contribution >= 4 is 6.29 Å². The molecule has 17 heavy (non-hydrogen) atoms. The van der Waals surface area contributed by atoms with E-state index in [2.05, 4.69) is 36.5 Å². The molecular weight excluding hydrogens is 210 g/mol. The fraction of sp³-hybridized carbons (Fsp3) is 0.533. The highest BCUT2D eigenvalue weighted by molar-refractivity contribution is 5.49. The first kappa shape index (κ1) is 18.2. The number of carbonyl (C=O) groups is 1.